The number of benzene rings is 2. The molecule has 0 unspecified atom stereocenters. The van der Waals surface area contributed by atoms with Crippen LogP contribution in [0.2, 0.25) is 0 Å². The summed E-state index contributed by atoms with van der Waals surface area (Å²) >= 11 is 0.977. The highest BCUT2D eigenvalue weighted by molar-refractivity contribution is 7.94. The highest BCUT2D eigenvalue weighted by Crippen LogP contribution is 2.36. The van der Waals surface area contributed by atoms with Crippen molar-refractivity contribution >= 4 is 23.7 Å². The predicted octanol–water partition coefficient (Wildman–Crippen LogP) is 4.90. The summed E-state index contributed by atoms with van der Waals surface area (Å²) in [5.74, 6) is 0.392. The van der Waals surface area contributed by atoms with E-state index in [9.17, 15) is 4.79 Å². The van der Waals surface area contributed by atoms with Crippen LogP contribution in [0.5, 0.6) is 0 Å². The maximum Gasteiger partial charge on any atom is 0.350 e. The van der Waals surface area contributed by atoms with Crippen molar-refractivity contribution in [2.45, 2.75) is 43.3 Å². The van der Waals surface area contributed by atoms with Crippen LogP contribution in [-0.2, 0) is 4.18 Å². The minimum absolute atomic E-state index is 0.300. The van der Waals surface area contributed by atoms with Crippen LogP contribution in [0, 0.1) is 0 Å². The Morgan fingerprint density at radius 2 is 1.71 bits per heavy atom. The summed E-state index contributed by atoms with van der Waals surface area (Å²) in [4.78, 5) is 12.3. The van der Waals surface area contributed by atoms with Crippen LogP contribution in [0.25, 0.3) is 11.4 Å². The van der Waals surface area contributed by atoms with Crippen molar-refractivity contribution in [2.75, 3.05) is 5.73 Å². The number of nitrogens with zero attached hydrogens (tertiary/aromatic N) is 3. The Hall–Kier alpha value is -2.80. The third kappa shape index (κ3) is 4.04. The van der Waals surface area contributed by atoms with Gasteiger partial charge in [0.15, 0.2) is 5.82 Å². The van der Waals surface area contributed by atoms with Gasteiger partial charge in [0.25, 0.3) is 0 Å². The van der Waals surface area contributed by atoms with Crippen LogP contribution in [0.1, 0.15) is 48.5 Å². The third-order valence-electron chi connectivity index (χ3n) is 4.97. The molecule has 0 atom stereocenters. The maximum absolute atomic E-state index is 12.3. The molecule has 2 N–H and O–H groups in total. The van der Waals surface area contributed by atoms with E-state index in [1.54, 1.807) is 12.1 Å². The number of carbonyl (C=O) groups excluding carboxylic acids is 1. The van der Waals surface area contributed by atoms with Crippen LogP contribution in [0.15, 0.2) is 59.8 Å². The first-order chi connectivity index (χ1) is 13.7. The minimum Gasteiger partial charge on any atom is -0.399 e. The molecule has 0 spiro atoms. The summed E-state index contributed by atoms with van der Waals surface area (Å²) in [5.41, 5.74) is 7.99. The largest absolute Gasteiger partial charge is 0.399 e. The lowest BCUT2D eigenvalue weighted by molar-refractivity contribution is 0.0766. The van der Waals surface area contributed by atoms with Gasteiger partial charge in [-0.15, -0.1) is 10.2 Å². The van der Waals surface area contributed by atoms with Gasteiger partial charge in [0, 0.05) is 17.3 Å². The SMILES string of the molecule is Nc1ccc(-c2nnc(SOC(=O)c3ccccc3)n2C2CCCCC2)cc1. The average Bonchev–Trinajstić information content (AvgIpc) is 3.17. The minimum atomic E-state index is -0.391. The number of nitrogens with two attached hydrogens (primary N) is 1. The van der Waals surface area contributed by atoms with Crippen molar-refractivity contribution in [2.24, 2.45) is 0 Å². The van der Waals surface area contributed by atoms with Gasteiger partial charge in [0.2, 0.25) is 5.16 Å². The summed E-state index contributed by atoms with van der Waals surface area (Å²) < 4.78 is 7.57. The molecule has 1 saturated carbocycles. The molecule has 0 aliphatic heterocycles. The van der Waals surface area contributed by atoms with Crippen LogP contribution >= 0.6 is 12.0 Å². The molecule has 6 nitrogen and oxygen atoms in total. The second kappa shape index (κ2) is 8.48. The molecule has 144 valence electrons. The number of rotatable bonds is 5. The highest BCUT2D eigenvalue weighted by atomic mass is 32.2. The molecule has 1 aliphatic carbocycles. The molecule has 1 aliphatic rings. The van der Waals surface area contributed by atoms with Crippen molar-refractivity contribution in [3.63, 3.8) is 0 Å². The monoisotopic (exact) mass is 394 g/mol. The van der Waals surface area contributed by atoms with Crippen LogP contribution in [-0.4, -0.2) is 20.7 Å². The number of nitrogen functional groups attached to an aromatic ring is 1. The molecule has 1 aromatic heterocycles. The van der Waals surface area contributed by atoms with E-state index in [2.05, 4.69) is 14.8 Å². The second-order valence-corrected chi connectivity index (χ2v) is 7.61. The Bertz CT molecular complexity index is 935. The second-order valence-electron chi connectivity index (χ2n) is 6.91. The number of anilines is 1. The fourth-order valence-electron chi connectivity index (χ4n) is 3.53. The lowest BCUT2D eigenvalue weighted by atomic mass is 9.95. The number of hydrogen-bond donors (Lipinski definition) is 1. The maximum atomic E-state index is 12.3. The predicted molar refractivity (Wildman–Crippen MR) is 110 cm³/mol. The Morgan fingerprint density at radius 3 is 2.43 bits per heavy atom. The molecule has 0 amide bonds. The summed E-state index contributed by atoms with van der Waals surface area (Å²) in [6.07, 6.45) is 5.75. The summed E-state index contributed by atoms with van der Waals surface area (Å²) in [6, 6.07) is 16.9. The van der Waals surface area contributed by atoms with Crippen LogP contribution in [0.3, 0.4) is 0 Å². The highest BCUT2D eigenvalue weighted by Gasteiger charge is 2.25. The van der Waals surface area contributed by atoms with Crippen LogP contribution < -0.4 is 5.73 Å². The first-order valence-electron chi connectivity index (χ1n) is 9.47. The molecular formula is C21H22N4O2S. The zero-order valence-corrected chi connectivity index (χ0v) is 16.3. The summed E-state index contributed by atoms with van der Waals surface area (Å²) in [5, 5.41) is 9.33. The molecule has 28 heavy (non-hydrogen) atoms. The summed E-state index contributed by atoms with van der Waals surface area (Å²) in [6.45, 7) is 0. The normalized spacial score (nSPS) is 14.7. The quantitative estimate of drug-likeness (QED) is 0.490. The van der Waals surface area contributed by atoms with E-state index < -0.39 is 5.97 Å². The zero-order valence-electron chi connectivity index (χ0n) is 15.5. The van der Waals surface area contributed by atoms with Gasteiger partial charge < -0.3 is 9.92 Å². The van der Waals surface area contributed by atoms with E-state index >= 15 is 0 Å². The van der Waals surface area contributed by atoms with Gasteiger partial charge in [-0.05, 0) is 49.2 Å². The third-order valence-corrected chi connectivity index (χ3v) is 5.64. The van der Waals surface area contributed by atoms with Crippen molar-refractivity contribution in [1.29, 1.82) is 0 Å². The van der Waals surface area contributed by atoms with E-state index in [1.807, 2.05) is 42.5 Å². The molecular weight excluding hydrogens is 372 g/mol. The van der Waals surface area contributed by atoms with E-state index in [0.717, 1.165) is 36.3 Å². The lowest BCUT2D eigenvalue weighted by Gasteiger charge is -2.25. The van der Waals surface area contributed by atoms with Crippen molar-refractivity contribution in [1.82, 2.24) is 14.8 Å². The van der Waals surface area contributed by atoms with E-state index in [4.69, 9.17) is 9.92 Å². The molecule has 7 heteroatoms. The van der Waals surface area contributed by atoms with E-state index in [-0.39, 0.29) is 0 Å². The average molecular weight is 395 g/mol. The molecule has 2 aromatic carbocycles. The van der Waals surface area contributed by atoms with E-state index in [0.29, 0.717) is 22.4 Å². The Kier molecular flexibility index (Phi) is 5.62. The Morgan fingerprint density at radius 1 is 1.00 bits per heavy atom. The number of aromatic nitrogens is 3. The smallest absolute Gasteiger partial charge is 0.350 e. The zero-order chi connectivity index (χ0) is 19.3. The molecule has 0 bridgehead atoms. The van der Waals surface area contributed by atoms with Gasteiger partial charge in [-0.25, -0.2) is 4.79 Å². The van der Waals surface area contributed by atoms with Gasteiger partial charge in [0.05, 0.1) is 5.56 Å². The Balaban J connectivity index is 1.61. The van der Waals surface area contributed by atoms with Gasteiger partial charge in [-0.2, -0.15) is 0 Å². The molecule has 0 radical (unpaired) electrons. The fourth-order valence-corrected chi connectivity index (χ4v) is 4.17. The van der Waals surface area contributed by atoms with Crippen molar-refractivity contribution < 1.29 is 8.98 Å². The standard InChI is InChI=1S/C21H22N4O2S/c22-17-13-11-15(12-14-17)19-23-24-21(25(19)18-9-5-2-6-10-18)28-27-20(26)16-7-3-1-4-8-16/h1,3-4,7-8,11-14,18H,2,5-6,9-10,22H2. The first-order valence-corrected chi connectivity index (χ1v) is 10.2. The van der Waals surface area contributed by atoms with Gasteiger partial charge in [-0.1, -0.05) is 37.5 Å². The van der Waals surface area contributed by atoms with Crippen molar-refractivity contribution in [3.8, 4) is 11.4 Å². The molecule has 3 aromatic rings. The number of hydrogen-bond acceptors (Lipinski definition) is 6. The summed E-state index contributed by atoms with van der Waals surface area (Å²) in [7, 11) is 0. The molecule has 0 saturated heterocycles. The van der Waals surface area contributed by atoms with Gasteiger partial charge in [-0.3, -0.25) is 4.57 Å². The number of carbonyl (C=O) groups is 1. The fraction of sp³-hybridized carbons (Fsp3) is 0.286. The lowest BCUT2D eigenvalue weighted by Crippen LogP contribution is -2.15. The van der Waals surface area contributed by atoms with Gasteiger partial charge >= 0.3 is 5.97 Å². The molecule has 4 rings (SSSR count). The Labute approximate surface area is 168 Å². The molecule has 1 heterocycles. The van der Waals surface area contributed by atoms with E-state index in [1.165, 1.54) is 19.3 Å². The molecule has 1 fully saturated rings. The first kappa shape index (κ1) is 18.6. The van der Waals surface area contributed by atoms with Crippen LogP contribution in [0.4, 0.5) is 5.69 Å². The van der Waals surface area contributed by atoms with Gasteiger partial charge in [0.1, 0.15) is 12.0 Å². The topological polar surface area (TPSA) is 83.0 Å². The van der Waals surface area contributed by atoms with Crippen molar-refractivity contribution in [3.05, 3.63) is 60.2 Å².